The van der Waals surface area contributed by atoms with Crippen molar-refractivity contribution in [2.24, 2.45) is 0 Å². The summed E-state index contributed by atoms with van der Waals surface area (Å²) in [7, 11) is 3.23. The van der Waals surface area contributed by atoms with E-state index in [1.165, 1.54) is 6.33 Å². The maximum absolute atomic E-state index is 6.22. The Morgan fingerprint density at radius 3 is 2.62 bits per heavy atom. The number of aromatic nitrogens is 3. The summed E-state index contributed by atoms with van der Waals surface area (Å²) in [4.78, 5) is 12.2. The van der Waals surface area contributed by atoms with Gasteiger partial charge in [0.25, 0.3) is 0 Å². The summed E-state index contributed by atoms with van der Waals surface area (Å²) in [5.41, 5.74) is 4.35. The quantitative estimate of drug-likeness (QED) is 0.539. The molecule has 0 unspecified atom stereocenters. The van der Waals surface area contributed by atoms with E-state index in [1.54, 1.807) is 14.2 Å². The lowest BCUT2D eigenvalue weighted by atomic mass is 10.2. The Bertz CT molecular complexity index is 1120. The molecule has 2 heterocycles. The van der Waals surface area contributed by atoms with Gasteiger partial charge in [-0.15, -0.1) is 0 Å². The number of halogens is 1. The summed E-state index contributed by atoms with van der Waals surface area (Å²) in [6.45, 7) is 1.96. The van der Waals surface area contributed by atoms with E-state index in [4.69, 9.17) is 21.1 Å². The third-order valence-electron chi connectivity index (χ3n) is 4.41. The molecule has 0 radical (unpaired) electrons. The molecule has 132 valence electrons. The molecule has 4 aromatic rings. The number of rotatable bonds is 4. The van der Waals surface area contributed by atoms with E-state index in [9.17, 15) is 0 Å². The molecular weight excluding hydrogens is 352 g/mol. The van der Waals surface area contributed by atoms with E-state index in [0.29, 0.717) is 22.3 Å². The van der Waals surface area contributed by atoms with Crippen molar-refractivity contribution in [1.82, 2.24) is 15.0 Å². The van der Waals surface area contributed by atoms with Crippen molar-refractivity contribution >= 4 is 45.0 Å². The second kappa shape index (κ2) is 6.38. The monoisotopic (exact) mass is 368 g/mol. The Morgan fingerprint density at radius 1 is 1.08 bits per heavy atom. The van der Waals surface area contributed by atoms with Crippen LogP contribution in [0.15, 0.2) is 36.7 Å². The van der Waals surface area contributed by atoms with Crippen LogP contribution in [-0.2, 0) is 0 Å². The fourth-order valence-corrected chi connectivity index (χ4v) is 3.16. The zero-order valence-electron chi connectivity index (χ0n) is 14.6. The van der Waals surface area contributed by atoms with Gasteiger partial charge in [0.15, 0.2) is 17.3 Å². The molecule has 0 saturated heterocycles. The first-order valence-electron chi connectivity index (χ1n) is 8.03. The summed E-state index contributed by atoms with van der Waals surface area (Å²) in [6.07, 6.45) is 1.54. The highest BCUT2D eigenvalue weighted by atomic mass is 35.5. The third kappa shape index (κ3) is 2.59. The maximum atomic E-state index is 6.22. The average molecular weight is 369 g/mol. The van der Waals surface area contributed by atoms with Gasteiger partial charge in [-0.2, -0.15) is 0 Å². The van der Waals surface area contributed by atoms with Crippen molar-refractivity contribution in [3.63, 3.8) is 0 Å². The number of fused-ring (bicyclic) bond motifs is 3. The molecule has 4 rings (SSSR count). The number of H-pyrrole nitrogens is 1. The molecule has 0 amide bonds. The fourth-order valence-electron chi connectivity index (χ4n) is 2.99. The zero-order chi connectivity index (χ0) is 18.3. The number of hydrogen-bond acceptors (Lipinski definition) is 5. The third-order valence-corrected chi connectivity index (χ3v) is 4.82. The van der Waals surface area contributed by atoms with Crippen LogP contribution in [0.4, 0.5) is 11.5 Å². The molecule has 2 aromatic heterocycles. The van der Waals surface area contributed by atoms with Crippen molar-refractivity contribution < 1.29 is 9.47 Å². The van der Waals surface area contributed by atoms with Crippen LogP contribution in [0.5, 0.6) is 11.5 Å². The SMILES string of the molecule is COc1cc2[nH]c3c(Nc4cccc(Cl)c4C)ncnc3c2cc1OC. The molecule has 7 heteroatoms. The van der Waals surface area contributed by atoms with Gasteiger partial charge in [0.05, 0.1) is 19.7 Å². The Morgan fingerprint density at radius 2 is 1.85 bits per heavy atom. The van der Waals surface area contributed by atoms with Crippen LogP contribution in [0.1, 0.15) is 5.56 Å². The van der Waals surface area contributed by atoms with Crippen LogP contribution in [0.25, 0.3) is 21.9 Å². The number of anilines is 2. The van der Waals surface area contributed by atoms with Gasteiger partial charge in [-0.25, -0.2) is 9.97 Å². The lowest BCUT2D eigenvalue weighted by Crippen LogP contribution is -1.97. The van der Waals surface area contributed by atoms with Gasteiger partial charge in [0.2, 0.25) is 0 Å². The number of ether oxygens (including phenoxy) is 2. The van der Waals surface area contributed by atoms with E-state index in [2.05, 4.69) is 20.3 Å². The maximum Gasteiger partial charge on any atom is 0.162 e. The first kappa shape index (κ1) is 16.5. The average Bonchev–Trinajstić information content (AvgIpc) is 3.02. The normalized spacial score (nSPS) is 11.1. The molecule has 0 aliphatic heterocycles. The number of methoxy groups -OCH3 is 2. The van der Waals surface area contributed by atoms with Crippen LogP contribution in [0.3, 0.4) is 0 Å². The highest BCUT2D eigenvalue weighted by molar-refractivity contribution is 6.31. The minimum atomic E-state index is 0.653. The number of hydrogen-bond donors (Lipinski definition) is 2. The number of nitrogens with one attached hydrogen (secondary N) is 2. The molecule has 0 bridgehead atoms. The Kier molecular flexibility index (Phi) is 4.05. The molecule has 2 N–H and O–H groups in total. The summed E-state index contributed by atoms with van der Waals surface area (Å²) in [6, 6.07) is 9.53. The highest BCUT2D eigenvalue weighted by Gasteiger charge is 2.15. The first-order valence-corrected chi connectivity index (χ1v) is 8.40. The Hall–Kier alpha value is -2.99. The second-order valence-corrected chi connectivity index (χ2v) is 6.27. The van der Waals surface area contributed by atoms with Crippen molar-refractivity contribution in [3.8, 4) is 11.5 Å². The largest absolute Gasteiger partial charge is 0.493 e. The second-order valence-electron chi connectivity index (χ2n) is 5.86. The molecule has 0 spiro atoms. The van der Waals surface area contributed by atoms with Gasteiger partial charge < -0.3 is 19.8 Å². The van der Waals surface area contributed by atoms with E-state index >= 15 is 0 Å². The molecule has 0 fully saturated rings. The van der Waals surface area contributed by atoms with Gasteiger partial charge in [0.1, 0.15) is 17.4 Å². The zero-order valence-corrected chi connectivity index (χ0v) is 15.3. The van der Waals surface area contributed by atoms with Crippen LogP contribution in [-0.4, -0.2) is 29.2 Å². The van der Waals surface area contributed by atoms with Crippen LogP contribution < -0.4 is 14.8 Å². The first-order chi connectivity index (χ1) is 12.6. The molecule has 0 saturated carbocycles. The summed E-state index contributed by atoms with van der Waals surface area (Å²) in [5.74, 6) is 1.98. The van der Waals surface area contributed by atoms with Crippen LogP contribution >= 0.6 is 11.6 Å². The van der Waals surface area contributed by atoms with E-state index in [-0.39, 0.29) is 0 Å². The van der Waals surface area contributed by atoms with Crippen molar-refractivity contribution in [2.75, 3.05) is 19.5 Å². The number of aromatic amines is 1. The molecule has 6 nitrogen and oxygen atoms in total. The number of benzene rings is 2. The summed E-state index contributed by atoms with van der Waals surface area (Å²) in [5, 5.41) is 4.98. The van der Waals surface area contributed by atoms with Gasteiger partial charge in [-0.3, -0.25) is 0 Å². The van der Waals surface area contributed by atoms with Crippen LogP contribution in [0.2, 0.25) is 5.02 Å². The van der Waals surface area contributed by atoms with E-state index < -0.39 is 0 Å². The fraction of sp³-hybridized carbons (Fsp3) is 0.158. The van der Waals surface area contributed by atoms with Crippen molar-refractivity contribution in [1.29, 1.82) is 0 Å². The topological polar surface area (TPSA) is 72.1 Å². The van der Waals surface area contributed by atoms with E-state index in [1.807, 2.05) is 37.3 Å². The molecule has 0 atom stereocenters. The van der Waals surface area contributed by atoms with Gasteiger partial charge in [-0.05, 0) is 30.7 Å². The molecule has 0 aliphatic carbocycles. The van der Waals surface area contributed by atoms with Gasteiger partial charge in [-0.1, -0.05) is 17.7 Å². The van der Waals surface area contributed by atoms with Crippen molar-refractivity contribution in [3.05, 3.63) is 47.2 Å². The standard InChI is InChI=1S/C19H17ClN4O2/c1-10-12(20)5-4-6-13(10)24-19-18-17(21-9-22-19)11-7-15(25-2)16(26-3)8-14(11)23-18/h4-9,23H,1-3H3,(H,21,22,24). The minimum absolute atomic E-state index is 0.653. The molecule has 0 aliphatic rings. The minimum Gasteiger partial charge on any atom is -0.493 e. The van der Waals surface area contributed by atoms with Crippen LogP contribution in [0, 0.1) is 6.92 Å². The Labute approximate surface area is 155 Å². The Balaban J connectivity index is 1.90. The van der Waals surface area contributed by atoms with Gasteiger partial charge in [0, 0.05) is 22.2 Å². The summed E-state index contributed by atoms with van der Waals surface area (Å²) >= 11 is 6.22. The predicted octanol–water partition coefficient (Wildman–Crippen LogP) is 4.83. The lowest BCUT2D eigenvalue weighted by Gasteiger charge is -2.10. The lowest BCUT2D eigenvalue weighted by molar-refractivity contribution is 0.356. The predicted molar refractivity (Wildman–Crippen MR) is 104 cm³/mol. The highest BCUT2D eigenvalue weighted by Crippen LogP contribution is 2.37. The van der Waals surface area contributed by atoms with E-state index in [0.717, 1.165) is 33.2 Å². The molecular formula is C19H17ClN4O2. The van der Waals surface area contributed by atoms with Crippen molar-refractivity contribution in [2.45, 2.75) is 6.92 Å². The molecule has 2 aromatic carbocycles. The van der Waals surface area contributed by atoms with Gasteiger partial charge >= 0.3 is 0 Å². The summed E-state index contributed by atoms with van der Waals surface area (Å²) < 4.78 is 10.8. The molecule has 26 heavy (non-hydrogen) atoms. The smallest absolute Gasteiger partial charge is 0.162 e. The number of nitrogens with zero attached hydrogens (tertiary/aromatic N) is 2.